The maximum atomic E-state index is 13.5. The number of hydrogen-bond acceptors (Lipinski definition) is 3. The zero-order valence-corrected chi connectivity index (χ0v) is 15.2. The minimum atomic E-state index is -0.401. The summed E-state index contributed by atoms with van der Waals surface area (Å²) in [7, 11) is 1.72. The summed E-state index contributed by atoms with van der Waals surface area (Å²) in [5, 5.41) is 4.34. The average molecular weight is 367 g/mol. The lowest BCUT2D eigenvalue weighted by molar-refractivity contribution is -0.130. The lowest BCUT2D eigenvalue weighted by Gasteiger charge is -2.17. The Balaban J connectivity index is 1.43. The highest BCUT2D eigenvalue weighted by atomic mass is 19.1. The topological polar surface area (TPSA) is 47.4 Å². The van der Waals surface area contributed by atoms with Gasteiger partial charge in [-0.2, -0.15) is 5.10 Å². The molecule has 0 saturated carbocycles. The number of ether oxygens (including phenoxy) is 1. The monoisotopic (exact) mass is 367 g/mol. The number of para-hydroxylation sites is 2. The predicted octanol–water partition coefficient (Wildman–Crippen LogP) is 3.48. The normalized spacial score (nSPS) is 10.6. The second-order valence-electron chi connectivity index (χ2n) is 6.22. The number of rotatable bonds is 8. The summed E-state index contributed by atoms with van der Waals surface area (Å²) >= 11 is 0. The second-order valence-corrected chi connectivity index (χ2v) is 6.22. The third kappa shape index (κ3) is 5.17. The van der Waals surface area contributed by atoms with Gasteiger partial charge in [-0.25, -0.2) is 9.07 Å². The van der Waals surface area contributed by atoms with Crippen LogP contribution < -0.4 is 4.74 Å². The smallest absolute Gasteiger partial charge is 0.222 e. The predicted molar refractivity (Wildman–Crippen MR) is 101 cm³/mol. The van der Waals surface area contributed by atoms with Crippen molar-refractivity contribution in [1.82, 2.24) is 14.7 Å². The van der Waals surface area contributed by atoms with E-state index in [0.717, 1.165) is 11.3 Å². The molecule has 5 nitrogen and oxygen atoms in total. The van der Waals surface area contributed by atoms with Crippen LogP contribution in [-0.2, 0) is 11.2 Å². The van der Waals surface area contributed by atoms with Gasteiger partial charge in [-0.1, -0.05) is 30.3 Å². The first-order valence-corrected chi connectivity index (χ1v) is 8.84. The van der Waals surface area contributed by atoms with Crippen molar-refractivity contribution >= 4 is 5.91 Å². The van der Waals surface area contributed by atoms with Crippen molar-refractivity contribution in [3.05, 3.63) is 78.4 Å². The van der Waals surface area contributed by atoms with Gasteiger partial charge >= 0.3 is 0 Å². The molecular weight excluding hydrogens is 345 g/mol. The summed E-state index contributed by atoms with van der Waals surface area (Å²) in [6.45, 7) is 0.644. The Hall–Kier alpha value is -3.15. The highest BCUT2D eigenvalue weighted by Gasteiger charge is 2.11. The zero-order valence-electron chi connectivity index (χ0n) is 15.2. The van der Waals surface area contributed by atoms with Gasteiger partial charge in [0.25, 0.3) is 0 Å². The number of likely N-dealkylation sites (N-methyl/N-ethyl adjacent to an activating group) is 1. The number of carbonyl (C=O) groups excluding carboxylic acids is 1. The molecule has 0 aliphatic heterocycles. The SMILES string of the molecule is CN(CCOc1ccccc1F)C(=O)CCc1cnn(-c2ccccc2)c1. The molecule has 0 fully saturated rings. The molecule has 0 saturated heterocycles. The number of benzene rings is 2. The fourth-order valence-corrected chi connectivity index (χ4v) is 2.63. The van der Waals surface area contributed by atoms with Gasteiger partial charge in [0.2, 0.25) is 5.91 Å². The van der Waals surface area contributed by atoms with Crippen LogP contribution >= 0.6 is 0 Å². The fraction of sp³-hybridized carbons (Fsp3) is 0.238. The fourth-order valence-electron chi connectivity index (χ4n) is 2.63. The molecule has 1 heterocycles. The lowest BCUT2D eigenvalue weighted by atomic mass is 10.2. The zero-order chi connectivity index (χ0) is 19.1. The number of aryl methyl sites for hydroxylation is 1. The second kappa shape index (κ2) is 8.98. The van der Waals surface area contributed by atoms with Crippen molar-refractivity contribution in [1.29, 1.82) is 0 Å². The van der Waals surface area contributed by atoms with E-state index >= 15 is 0 Å². The molecular formula is C21H22FN3O2. The molecule has 0 N–H and O–H groups in total. The largest absolute Gasteiger partial charge is 0.489 e. The number of carbonyl (C=O) groups is 1. The number of amides is 1. The molecule has 1 amide bonds. The van der Waals surface area contributed by atoms with Gasteiger partial charge < -0.3 is 9.64 Å². The molecule has 0 aliphatic rings. The quantitative estimate of drug-likeness (QED) is 0.612. The van der Waals surface area contributed by atoms with Gasteiger partial charge in [0.05, 0.1) is 18.4 Å². The Bertz CT molecular complexity index is 880. The minimum absolute atomic E-state index is 0.0135. The number of aromatic nitrogens is 2. The van der Waals surface area contributed by atoms with Crippen LogP contribution in [-0.4, -0.2) is 40.8 Å². The molecule has 0 spiro atoms. The van der Waals surface area contributed by atoms with E-state index in [2.05, 4.69) is 5.10 Å². The molecule has 1 aromatic heterocycles. The van der Waals surface area contributed by atoms with Crippen LogP contribution in [0.25, 0.3) is 5.69 Å². The number of halogens is 1. The van der Waals surface area contributed by atoms with E-state index in [1.807, 2.05) is 36.5 Å². The molecule has 0 aliphatic carbocycles. The van der Waals surface area contributed by atoms with Crippen LogP contribution in [0.15, 0.2) is 67.0 Å². The molecule has 6 heteroatoms. The van der Waals surface area contributed by atoms with Crippen molar-refractivity contribution in [2.75, 3.05) is 20.2 Å². The van der Waals surface area contributed by atoms with Crippen molar-refractivity contribution in [2.45, 2.75) is 12.8 Å². The van der Waals surface area contributed by atoms with Gasteiger partial charge in [0.1, 0.15) is 6.61 Å². The summed E-state index contributed by atoms with van der Waals surface area (Å²) in [6, 6.07) is 16.1. The maximum absolute atomic E-state index is 13.5. The summed E-state index contributed by atoms with van der Waals surface area (Å²) in [5.74, 6) is -0.187. The molecule has 0 atom stereocenters. The summed E-state index contributed by atoms with van der Waals surface area (Å²) in [5.41, 5.74) is 1.99. The Labute approximate surface area is 158 Å². The first-order valence-electron chi connectivity index (χ1n) is 8.84. The Morgan fingerprint density at radius 3 is 2.67 bits per heavy atom. The van der Waals surface area contributed by atoms with Crippen molar-refractivity contribution < 1.29 is 13.9 Å². The first-order chi connectivity index (χ1) is 13.1. The molecule has 0 unspecified atom stereocenters. The minimum Gasteiger partial charge on any atom is -0.489 e. The van der Waals surface area contributed by atoms with E-state index in [4.69, 9.17) is 4.74 Å². The van der Waals surface area contributed by atoms with Crippen molar-refractivity contribution in [2.24, 2.45) is 0 Å². The summed E-state index contributed by atoms with van der Waals surface area (Å²) < 4.78 is 20.7. The van der Waals surface area contributed by atoms with Crippen LogP contribution in [0.1, 0.15) is 12.0 Å². The Morgan fingerprint density at radius 1 is 1.15 bits per heavy atom. The first kappa shape index (κ1) is 18.6. The third-order valence-electron chi connectivity index (χ3n) is 4.23. The van der Waals surface area contributed by atoms with E-state index < -0.39 is 5.82 Å². The van der Waals surface area contributed by atoms with E-state index in [1.165, 1.54) is 6.07 Å². The Kier molecular flexibility index (Phi) is 6.20. The number of hydrogen-bond donors (Lipinski definition) is 0. The van der Waals surface area contributed by atoms with E-state index in [-0.39, 0.29) is 18.3 Å². The van der Waals surface area contributed by atoms with Crippen LogP contribution in [0.5, 0.6) is 5.75 Å². The van der Waals surface area contributed by atoms with Crippen molar-refractivity contribution in [3.63, 3.8) is 0 Å². The number of nitrogens with zero attached hydrogens (tertiary/aromatic N) is 3. The van der Waals surface area contributed by atoms with Crippen molar-refractivity contribution in [3.8, 4) is 11.4 Å². The molecule has 0 bridgehead atoms. The van der Waals surface area contributed by atoms with Crippen LogP contribution in [0, 0.1) is 5.82 Å². The van der Waals surface area contributed by atoms with E-state index in [1.54, 1.807) is 41.0 Å². The molecule has 2 aromatic carbocycles. The van der Waals surface area contributed by atoms with Gasteiger partial charge in [0, 0.05) is 19.7 Å². The molecule has 3 rings (SSSR count). The van der Waals surface area contributed by atoms with Crippen LogP contribution in [0.2, 0.25) is 0 Å². The highest BCUT2D eigenvalue weighted by Crippen LogP contribution is 2.15. The van der Waals surface area contributed by atoms with Gasteiger partial charge in [-0.15, -0.1) is 0 Å². The van der Waals surface area contributed by atoms with E-state index in [0.29, 0.717) is 19.4 Å². The van der Waals surface area contributed by atoms with Gasteiger partial charge in [-0.05, 0) is 36.2 Å². The summed E-state index contributed by atoms with van der Waals surface area (Å²) in [6.07, 6.45) is 4.71. The third-order valence-corrected chi connectivity index (χ3v) is 4.23. The summed E-state index contributed by atoms with van der Waals surface area (Å²) in [4.78, 5) is 13.9. The lowest BCUT2D eigenvalue weighted by Crippen LogP contribution is -2.31. The molecule has 0 radical (unpaired) electrons. The molecule has 3 aromatic rings. The average Bonchev–Trinajstić information content (AvgIpc) is 3.17. The Morgan fingerprint density at radius 2 is 1.89 bits per heavy atom. The molecule has 27 heavy (non-hydrogen) atoms. The van der Waals surface area contributed by atoms with Crippen LogP contribution in [0.4, 0.5) is 4.39 Å². The van der Waals surface area contributed by atoms with Gasteiger partial charge in [-0.3, -0.25) is 4.79 Å². The van der Waals surface area contributed by atoms with E-state index in [9.17, 15) is 9.18 Å². The van der Waals surface area contributed by atoms with Gasteiger partial charge in [0.15, 0.2) is 11.6 Å². The molecule has 140 valence electrons. The standard InChI is InChI=1S/C21H22FN3O2/c1-24(13-14-27-20-10-6-5-9-19(20)22)21(26)12-11-17-15-23-25(16-17)18-7-3-2-4-8-18/h2-10,15-16H,11-14H2,1H3. The highest BCUT2D eigenvalue weighted by molar-refractivity contribution is 5.76. The maximum Gasteiger partial charge on any atom is 0.222 e. The van der Waals surface area contributed by atoms with Crippen LogP contribution in [0.3, 0.4) is 0 Å².